The zero-order valence-electron chi connectivity index (χ0n) is 15.1. The van der Waals surface area contributed by atoms with E-state index in [1.54, 1.807) is 6.92 Å². The van der Waals surface area contributed by atoms with E-state index in [1.165, 1.54) is 35.6 Å². The summed E-state index contributed by atoms with van der Waals surface area (Å²) in [6.45, 7) is 1.92. The molecule has 9 heteroatoms. The molecule has 3 aromatic rings. The molecule has 0 bridgehead atoms. The Bertz CT molecular complexity index is 1110. The maximum atomic E-state index is 12.5. The van der Waals surface area contributed by atoms with Crippen molar-refractivity contribution in [3.05, 3.63) is 82.6 Å². The van der Waals surface area contributed by atoms with Crippen LogP contribution in [0.3, 0.4) is 0 Å². The van der Waals surface area contributed by atoms with Gasteiger partial charge in [0.15, 0.2) is 0 Å². The summed E-state index contributed by atoms with van der Waals surface area (Å²) < 4.78 is 55.0. The summed E-state index contributed by atoms with van der Waals surface area (Å²) in [5.41, 5.74) is 0.831. The van der Waals surface area contributed by atoms with Crippen molar-refractivity contribution >= 4 is 31.4 Å². The molecule has 1 unspecified atom stereocenters. The van der Waals surface area contributed by atoms with Crippen molar-refractivity contribution in [2.75, 3.05) is 0 Å². The lowest BCUT2D eigenvalue weighted by atomic mass is 10.2. The van der Waals surface area contributed by atoms with Crippen molar-refractivity contribution < 1.29 is 16.8 Å². The second-order valence-electron chi connectivity index (χ2n) is 6.14. The SMILES string of the molecule is CC(NS(=O)(=O)c1ccc(S(=O)(=O)NCc2ccccc2)cc1)c1cccs1. The molecule has 0 aliphatic rings. The van der Waals surface area contributed by atoms with Crippen LogP contribution in [0.25, 0.3) is 0 Å². The minimum absolute atomic E-state index is 0.00804. The fraction of sp³-hybridized carbons (Fsp3) is 0.158. The Kier molecular flexibility index (Phi) is 6.31. The van der Waals surface area contributed by atoms with Crippen molar-refractivity contribution in [3.63, 3.8) is 0 Å². The van der Waals surface area contributed by atoms with Crippen LogP contribution in [0.2, 0.25) is 0 Å². The van der Waals surface area contributed by atoms with Crippen molar-refractivity contribution in [2.24, 2.45) is 0 Å². The number of thiophene rings is 1. The standard InChI is InChI=1S/C19H20N2O4S3/c1-15(19-8-5-13-26-19)21-28(24,25)18-11-9-17(10-12-18)27(22,23)20-14-16-6-3-2-4-7-16/h2-13,15,20-21H,14H2,1H3. The molecule has 0 radical (unpaired) electrons. The summed E-state index contributed by atoms with van der Waals surface area (Å²) >= 11 is 1.46. The Morgan fingerprint density at radius 2 is 1.43 bits per heavy atom. The zero-order valence-corrected chi connectivity index (χ0v) is 17.5. The third-order valence-electron chi connectivity index (χ3n) is 4.06. The molecule has 0 amide bonds. The van der Waals surface area contributed by atoms with Crippen molar-refractivity contribution in [1.82, 2.24) is 9.44 Å². The second-order valence-corrected chi connectivity index (χ2v) is 10.6. The highest BCUT2D eigenvalue weighted by molar-refractivity contribution is 7.90. The van der Waals surface area contributed by atoms with E-state index in [1.807, 2.05) is 47.8 Å². The molecule has 2 aromatic carbocycles. The maximum Gasteiger partial charge on any atom is 0.241 e. The molecule has 1 aromatic heterocycles. The summed E-state index contributed by atoms with van der Waals surface area (Å²) in [6.07, 6.45) is 0. The van der Waals surface area contributed by atoms with Crippen LogP contribution in [0.15, 0.2) is 81.9 Å². The van der Waals surface area contributed by atoms with Crippen LogP contribution in [0.4, 0.5) is 0 Å². The highest BCUT2D eigenvalue weighted by atomic mass is 32.2. The van der Waals surface area contributed by atoms with Gasteiger partial charge in [0.05, 0.1) is 15.8 Å². The number of sulfonamides is 2. The first-order chi connectivity index (χ1) is 13.3. The van der Waals surface area contributed by atoms with Crippen LogP contribution in [0.1, 0.15) is 23.4 Å². The van der Waals surface area contributed by atoms with Crippen LogP contribution in [0.5, 0.6) is 0 Å². The van der Waals surface area contributed by atoms with E-state index >= 15 is 0 Å². The van der Waals surface area contributed by atoms with E-state index in [4.69, 9.17) is 0 Å². The van der Waals surface area contributed by atoms with Crippen LogP contribution < -0.4 is 9.44 Å². The first kappa shape index (κ1) is 20.7. The number of nitrogens with one attached hydrogen (secondary N) is 2. The van der Waals surface area contributed by atoms with Gasteiger partial charge in [-0.15, -0.1) is 11.3 Å². The van der Waals surface area contributed by atoms with Crippen LogP contribution in [-0.2, 0) is 26.6 Å². The average Bonchev–Trinajstić information content (AvgIpc) is 3.22. The van der Waals surface area contributed by atoms with Crippen LogP contribution >= 0.6 is 11.3 Å². The summed E-state index contributed by atoms with van der Waals surface area (Å²) in [6, 6.07) is 17.6. The van der Waals surface area contributed by atoms with Gasteiger partial charge in [0, 0.05) is 11.4 Å². The summed E-state index contributed by atoms with van der Waals surface area (Å²) in [5, 5.41) is 1.88. The van der Waals surface area contributed by atoms with Crippen molar-refractivity contribution in [2.45, 2.75) is 29.3 Å². The van der Waals surface area contributed by atoms with Crippen LogP contribution in [0, 0.1) is 0 Å². The Morgan fingerprint density at radius 3 is 2.00 bits per heavy atom. The third kappa shape index (κ3) is 5.06. The molecule has 0 fully saturated rings. The largest absolute Gasteiger partial charge is 0.241 e. The number of rotatable bonds is 8. The van der Waals surface area contributed by atoms with Gasteiger partial charge in [0.2, 0.25) is 20.0 Å². The summed E-state index contributed by atoms with van der Waals surface area (Å²) in [7, 11) is -7.50. The molecule has 2 N–H and O–H groups in total. The van der Waals surface area contributed by atoms with Gasteiger partial charge >= 0.3 is 0 Å². The maximum absolute atomic E-state index is 12.5. The molecular weight excluding hydrogens is 416 g/mol. The predicted octanol–water partition coefficient (Wildman–Crippen LogP) is 3.27. The topological polar surface area (TPSA) is 92.3 Å². The summed E-state index contributed by atoms with van der Waals surface area (Å²) in [5.74, 6) is 0. The molecule has 6 nitrogen and oxygen atoms in total. The molecule has 1 heterocycles. The lowest BCUT2D eigenvalue weighted by Crippen LogP contribution is -2.26. The predicted molar refractivity (Wildman–Crippen MR) is 110 cm³/mol. The molecule has 1 atom stereocenters. The van der Waals surface area contributed by atoms with Gasteiger partial charge in [0.25, 0.3) is 0 Å². The Morgan fingerprint density at radius 1 is 0.821 bits per heavy atom. The first-order valence-corrected chi connectivity index (χ1v) is 12.3. The van der Waals surface area contributed by atoms with E-state index in [2.05, 4.69) is 9.44 Å². The van der Waals surface area contributed by atoms with Crippen LogP contribution in [-0.4, -0.2) is 16.8 Å². The molecular formula is C19H20N2O4S3. The molecule has 0 saturated heterocycles. The Labute approximate surface area is 169 Å². The zero-order chi connectivity index (χ0) is 20.2. The molecule has 3 rings (SSSR count). The lowest BCUT2D eigenvalue weighted by molar-refractivity contribution is 0.567. The molecule has 0 spiro atoms. The minimum Gasteiger partial charge on any atom is -0.207 e. The fourth-order valence-electron chi connectivity index (χ4n) is 2.55. The highest BCUT2D eigenvalue weighted by Crippen LogP contribution is 2.22. The molecule has 0 aliphatic carbocycles. The average molecular weight is 437 g/mol. The quantitative estimate of drug-likeness (QED) is 0.567. The van der Waals surface area contributed by atoms with Crippen molar-refractivity contribution in [3.8, 4) is 0 Å². The Hall–Kier alpha value is -2.04. The van der Waals surface area contributed by atoms with Gasteiger partial charge in [-0.05, 0) is 48.2 Å². The first-order valence-electron chi connectivity index (χ1n) is 8.47. The van der Waals surface area contributed by atoms with Gasteiger partial charge < -0.3 is 0 Å². The van der Waals surface area contributed by atoms with Gasteiger partial charge in [-0.2, -0.15) is 0 Å². The molecule has 148 valence electrons. The smallest absolute Gasteiger partial charge is 0.207 e. The third-order valence-corrected chi connectivity index (χ3v) is 8.08. The van der Waals surface area contributed by atoms with Gasteiger partial charge in [0.1, 0.15) is 0 Å². The van der Waals surface area contributed by atoms with E-state index in [9.17, 15) is 16.8 Å². The Balaban J connectivity index is 1.71. The molecule has 0 aliphatic heterocycles. The van der Waals surface area contributed by atoms with Gasteiger partial charge in [-0.3, -0.25) is 0 Å². The minimum atomic E-state index is -3.76. The number of hydrogen-bond donors (Lipinski definition) is 2. The lowest BCUT2D eigenvalue weighted by Gasteiger charge is -2.13. The molecule has 28 heavy (non-hydrogen) atoms. The van der Waals surface area contributed by atoms with Crippen molar-refractivity contribution in [1.29, 1.82) is 0 Å². The molecule has 0 saturated carbocycles. The number of hydrogen-bond acceptors (Lipinski definition) is 5. The van der Waals surface area contributed by atoms with E-state index in [0.29, 0.717) is 0 Å². The summed E-state index contributed by atoms with van der Waals surface area (Å²) in [4.78, 5) is 0.916. The fourth-order valence-corrected chi connectivity index (χ4v) is 5.60. The van der Waals surface area contributed by atoms with E-state index in [0.717, 1.165) is 10.4 Å². The van der Waals surface area contributed by atoms with Gasteiger partial charge in [-0.25, -0.2) is 26.3 Å². The second kappa shape index (κ2) is 8.54. The highest BCUT2D eigenvalue weighted by Gasteiger charge is 2.20. The monoisotopic (exact) mass is 436 g/mol. The van der Waals surface area contributed by atoms with E-state index < -0.39 is 20.0 Å². The number of benzene rings is 2. The normalized spacial score (nSPS) is 13.3. The van der Waals surface area contributed by atoms with Gasteiger partial charge in [-0.1, -0.05) is 36.4 Å². The van der Waals surface area contributed by atoms with E-state index in [-0.39, 0.29) is 22.4 Å².